The molecule has 0 saturated carbocycles. The van der Waals surface area contributed by atoms with Gasteiger partial charge in [0.05, 0.1) is 0 Å². The van der Waals surface area contributed by atoms with E-state index >= 15 is 0 Å². The van der Waals surface area contributed by atoms with Gasteiger partial charge in [0.1, 0.15) is 0 Å². The van der Waals surface area contributed by atoms with E-state index in [9.17, 15) is 0 Å². The van der Waals surface area contributed by atoms with E-state index in [0.717, 1.165) is 13.0 Å². The van der Waals surface area contributed by atoms with Crippen molar-refractivity contribution >= 4 is 0 Å². The minimum Gasteiger partial charge on any atom is -0.309 e. The summed E-state index contributed by atoms with van der Waals surface area (Å²) in [7, 11) is 4.20. The van der Waals surface area contributed by atoms with Crippen LogP contribution >= 0.6 is 0 Å². The molecule has 0 N–H and O–H groups in total. The standard InChI is InChI=1S/C13H23N.C2H6/c1-7-11(2)10-13(4)12(3)8-9-14(5)6;1-2/h7,10,12H,1,4,8-9H2,2-3,5-6H3;1-2H3/b11-10-;. The lowest BCUT2D eigenvalue weighted by Crippen LogP contribution is -2.16. The zero-order valence-corrected chi connectivity index (χ0v) is 12.0. The third kappa shape index (κ3) is 9.72. The van der Waals surface area contributed by atoms with Gasteiger partial charge in [-0.25, -0.2) is 0 Å². The number of allylic oxidation sites excluding steroid dienone is 4. The molecular formula is C15H29N. The van der Waals surface area contributed by atoms with Gasteiger partial charge in [0.2, 0.25) is 0 Å². The smallest absolute Gasteiger partial charge is 0.00191 e. The van der Waals surface area contributed by atoms with Crippen molar-refractivity contribution in [3.8, 4) is 0 Å². The molecule has 0 aromatic carbocycles. The van der Waals surface area contributed by atoms with Gasteiger partial charge in [0.25, 0.3) is 0 Å². The number of nitrogens with zero attached hydrogens (tertiary/aromatic N) is 1. The summed E-state index contributed by atoms with van der Waals surface area (Å²) in [5.74, 6) is 0.548. The number of hydrogen-bond donors (Lipinski definition) is 0. The van der Waals surface area contributed by atoms with Crippen LogP contribution < -0.4 is 0 Å². The first-order valence-electron chi connectivity index (χ1n) is 6.11. The normalized spacial score (nSPS) is 12.8. The Hall–Kier alpha value is -0.820. The van der Waals surface area contributed by atoms with Gasteiger partial charge in [-0.1, -0.05) is 57.2 Å². The Morgan fingerprint density at radius 2 is 1.81 bits per heavy atom. The zero-order chi connectivity index (χ0) is 13.1. The van der Waals surface area contributed by atoms with Crippen molar-refractivity contribution in [2.75, 3.05) is 20.6 Å². The molecule has 0 spiro atoms. The van der Waals surface area contributed by atoms with E-state index in [0.29, 0.717) is 5.92 Å². The molecular weight excluding hydrogens is 194 g/mol. The predicted molar refractivity (Wildman–Crippen MR) is 76.8 cm³/mol. The van der Waals surface area contributed by atoms with Crippen LogP contribution in [0.2, 0.25) is 0 Å². The zero-order valence-electron chi connectivity index (χ0n) is 12.0. The molecule has 0 fully saturated rings. The van der Waals surface area contributed by atoms with Crippen molar-refractivity contribution in [2.45, 2.75) is 34.1 Å². The summed E-state index contributed by atoms with van der Waals surface area (Å²) in [4.78, 5) is 2.20. The quantitative estimate of drug-likeness (QED) is 0.607. The maximum atomic E-state index is 4.08. The molecule has 0 aromatic rings. The summed E-state index contributed by atoms with van der Waals surface area (Å²) in [6, 6.07) is 0. The van der Waals surface area contributed by atoms with Crippen LogP contribution in [0.15, 0.2) is 36.5 Å². The molecule has 0 radical (unpaired) electrons. The summed E-state index contributed by atoms with van der Waals surface area (Å²) in [5, 5.41) is 0. The average Bonchev–Trinajstić information content (AvgIpc) is 2.28. The minimum atomic E-state index is 0.548. The lowest BCUT2D eigenvalue weighted by molar-refractivity contribution is 0.377. The van der Waals surface area contributed by atoms with Crippen molar-refractivity contribution in [1.82, 2.24) is 4.90 Å². The molecule has 0 aliphatic rings. The lowest BCUT2D eigenvalue weighted by atomic mass is 9.97. The summed E-state index contributed by atoms with van der Waals surface area (Å²) in [5.41, 5.74) is 2.39. The first kappa shape index (κ1) is 17.6. The van der Waals surface area contributed by atoms with Gasteiger partial charge >= 0.3 is 0 Å². The Balaban J connectivity index is 0. The fraction of sp³-hybridized carbons (Fsp3) is 0.600. The Morgan fingerprint density at radius 1 is 1.31 bits per heavy atom. The summed E-state index contributed by atoms with van der Waals surface area (Å²) < 4.78 is 0. The second kappa shape index (κ2) is 10.7. The van der Waals surface area contributed by atoms with Crippen LogP contribution in [0.3, 0.4) is 0 Å². The van der Waals surface area contributed by atoms with Gasteiger partial charge in [-0.15, -0.1) is 0 Å². The fourth-order valence-corrected chi connectivity index (χ4v) is 1.13. The summed E-state index contributed by atoms with van der Waals surface area (Å²) in [6.07, 6.45) is 5.14. The molecule has 1 nitrogen and oxygen atoms in total. The minimum absolute atomic E-state index is 0.548. The van der Waals surface area contributed by atoms with Gasteiger partial charge < -0.3 is 4.90 Å². The van der Waals surface area contributed by atoms with E-state index in [2.05, 4.69) is 52.1 Å². The third-order valence-electron chi connectivity index (χ3n) is 2.38. The molecule has 0 aliphatic heterocycles. The average molecular weight is 223 g/mol. The van der Waals surface area contributed by atoms with Gasteiger partial charge in [-0.2, -0.15) is 0 Å². The van der Waals surface area contributed by atoms with Crippen LogP contribution in [0.4, 0.5) is 0 Å². The topological polar surface area (TPSA) is 3.24 Å². The van der Waals surface area contributed by atoms with Crippen molar-refractivity contribution in [3.63, 3.8) is 0 Å². The van der Waals surface area contributed by atoms with Crippen LogP contribution in [0.25, 0.3) is 0 Å². The highest BCUT2D eigenvalue weighted by Gasteiger charge is 2.04. The SMILES string of the molecule is C=C/C(C)=C\C(=C)C(C)CCN(C)C.CC. The highest BCUT2D eigenvalue weighted by Crippen LogP contribution is 2.16. The summed E-state index contributed by atoms with van der Waals surface area (Å²) in [6.45, 7) is 17.2. The fourth-order valence-electron chi connectivity index (χ4n) is 1.13. The molecule has 0 saturated heterocycles. The van der Waals surface area contributed by atoms with Crippen LogP contribution in [0.1, 0.15) is 34.1 Å². The third-order valence-corrected chi connectivity index (χ3v) is 2.38. The summed E-state index contributed by atoms with van der Waals surface area (Å²) >= 11 is 0. The number of rotatable bonds is 6. The largest absolute Gasteiger partial charge is 0.309 e. The predicted octanol–water partition coefficient (Wildman–Crippen LogP) is 4.29. The van der Waals surface area contributed by atoms with Gasteiger partial charge in [0.15, 0.2) is 0 Å². The Bertz CT molecular complexity index is 224. The van der Waals surface area contributed by atoms with E-state index in [-0.39, 0.29) is 0 Å². The van der Waals surface area contributed by atoms with Crippen LogP contribution in [0, 0.1) is 5.92 Å². The number of hydrogen-bond acceptors (Lipinski definition) is 1. The van der Waals surface area contributed by atoms with Crippen molar-refractivity contribution in [1.29, 1.82) is 0 Å². The molecule has 0 aliphatic carbocycles. The van der Waals surface area contributed by atoms with E-state index < -0.39 is 0 Å². The highest BCUT2D eigenvalue weighted by molar-refractivity contribution is 5.27. The van der Waals surface area contributed by atoms with Crippen molar-refractivity contribution < 1.29 is 0 Å². The molecule has 1 atom stereocenters. The molecule has 0 aromatic heterocycles. The maximum absolute atomic E-state index is 4.08. The van der Waals surface area contributed by atoms with E-state index in [1.165, 1.54) is 11.1 Å². The molecule has 94 valence electrons. The van der Waals surface area contributed by atoms with E-state index in [1.807, 2.05) is 19.9 Å². The molecule has 0 rings (SSSR count). The second-order valence-electron chi connectivity index (χ2n) is 4.16. The van der Waals surface area contributed by atoms with Crippen LogP contribution in [-0.2, 0) is 0 Å². The molecule has 1 unspecified atom stereocenters. The molecule has 0 bridgehead atoms. The monoisotopic (exact) mass is 223 g/mol. The molecule has 0 heterocycles. The lowest BCUT2D eigenvalue weighted by Gasteiger charge is -2.15. The highest BCUT2D eigenvalue weighted by atomic mass is 15.0. The first-order valence-corrected chi connectivity index (χ1v) is 6.11. The van der Waals surface area contributed by atoms with E-state index in [1.54, 1.807) is 0 Å². The van der Waals surface area contributed by atoms with E-state index in [4.69, 9.17) is 0 Å². The van der Waals surface area contributed by atoms with Crippen LogP contribution in [-0.4, -0.2) is 25.5 Å². The van der Waals surface area contributed by atoms with Gasteiger partial charge in [-0.3, -0.25) is 0 Å². The maximum Gasteiger partial charge on any atom is -0.00191 e. The Labute approximate surface area is 103 Å². The molecule has 0 amide bonds. The second-order valence-corrected chi connectivity index (χ2v) is 4.16. The van der Waals surface area contributed by atoms with Crippen LogP contribution in [0.5, 0.6) is 0 Å². The van der Waals surface area contributed by atoms with Gasteiger partial charge in [-0.05, 0) is 39.9 Å². The molecule has 16 heavy (non-hydrogen) atoms. The van der Waals surface area contributed by atoms with Gasteiger partial charge in [0, 0.05) is 0 Å². The van der Waals surface area contributed by atoms with Crippen molar-refractivity contribution in [2.24, 2.45) is 5.92 Å². The first-order chi connectivity index (χ1) is 7.47. The van der Waals surface area contributed by atoms with Crippen molar-refractivity contribution in [3.05, 3.63) is 36.5 Å². The Morgan fingerprint density at radius 3 is 2.19 bits per heavy atom. The molecule has 1 heteroatoms. The Kier molecular flexibility index (Phi) is 11.7.